The quantitative estimate of drug-likeness (QED) is 0.816. The van der Waals surface area contributed by atoms with E-state index in [1.165, 1.54) is 0 Å². The standard InChI is InChI=1S/C20H30N4O3/c1-16(20(26)24-9-3-4-10-24)22(2)15-19(25)21-17-5-7-18(8-6-17)23-11-13-27-14-12-23/h5-8,16H,3-4,9-15H2,1-2H3,(H,21,25). The lowest BCUT2D eigenvalue weighted by Crippen LogP contribution is -2.46. The molecule has 3 rings (SSSR count). The Kier molecular flexibility index (Phi) is 6.68. The molecule has 1 aromatic rings. The van der Waals surface area contributed by atoms with Crippen LogP contribution in [0, 0.1) is 0 Å². The molecule has 2 aliphatic rings. The van der Waals surface area contributed by atoms with Crippen LogP contribution in [0.3, 0.4) is 0 Å². The number of likely N-dealkylation sites (tertiary alicyclic amines) is 1. The van der Waals surface area contributed by atoms with Gasteiger partial charge in [0.15, 0.2) is 0 Å². The fourth-order valence-corrected chi connectivity index (χ4v) is 3.53. The Morgan fingerprint density at radius 2 is 1.74 bits per heavy atom. The largest absolute Gasteiger partial charge is 0.378 e. The van der Waals surface area contributed by atoms with Gasteiger partial charge in [-0.2, -0.15) is 0 Å². The van der Waals surface area contributed by atoms with Gasteiger partial charge in [0.2, 0.25) is 11.8 Å². The minimum atomic E-state index is -0.294. The summed E-state index contributed by atoms with van der Waals surface area (Å²) in [5, 5.41) is 2.92. The van der Waals surface area contributed by atoms with E-state index in [1.807, 2.05) is 43.1 Å². The van der Waals surface area contributed by atoms with Crippen LogP contribution in [0.2, 0.25) is 0 Å². The highest BCUT2D eigenvalue weighted by Gasteiger charge is 2.26. The summed E-state index contributed by atoms with van der Waals surface area (Å²) >= 11 is 0. The number of anilines is 2. The Bertz CT molecular complexity index is 637. The molecule has 2 aliphatic heterocycles. The third kappa shape index (κ3) is 5.20. The predicted molar refractivity (Wildman–Crippen MR) is 106 cm³/mol. The van der Waals surface area contributed by atoms with Gasteiger partial charge in [-0.05, 0) is 51.1 Å². The van der Waals surface area contributed by atoms with Crippen molar-refractivity contribution in [3.63, 3.8) is 0 Å². The molecule has 0 bridgehead atoms. The van der Waals surface area contributed by atoms with Gasteiger partial charge in [-0.3, -0.25) is 14.5 Å². The molecule has 2 heterocycles. The molecule has 148 valence electrons. The highest BCUT2D eigenvalue weighted by Crippen LogP contribution is 2.19. The van der Waals surface area contributed by atoms with Gasteiger partial charge in [-0.1, -0.05) is 0 Å². The van der Waals surface area contributed by atoms with Gasteiger partial charge in [0.1, 0.15) is 0 Å². The number of carbonyl (C=O) groups is 2. The topological polar surface area (TPSA) is 65.1 Å². The molecular formula is C20H30N4O3. The van der Waals surface area contributed by atoms with E-state index in [4.69, 9.17) is 4.74 Å². The van der Waals surface area contributed by atoms with E-state index >= 15 is 0 Å². The van der Waals surface area contributed by atoms with E-state index in [9.17, 15) is 9.59 Å². The second-order valence-corrected chi connectivity index (χ2v) is 7.32. The molecular weight excluding hydrogens is 344 g/mol. The normalized spacial score (nSPS) is 18.6. The summed E-state index contributed by atoms with van der Waals surface area (Å²) in [5.74, 6) is -0.00430. The second kappa shape index (κ2) is 9.19. The van der Waals surface area contributed by atoms with Crippen LogP contribution in [-0.2, 0) is 14.3 Å². The molecule has 1 unspecified atom stereocenters. The van der Waals surface area contributed by atoms with Crippen molar-refractivity contribution in [1.29, 1.82) is 0 Å². The fourth-order valence-electron chi connectivity index (χ4n) is 3.53. The van der Waals surface area contributed by atoms with Crippen LogP contribution in [0.4, 0.5) is 11.4 Å². The summed E-state index contributed by atoms with van der Waals surface area (Å²) in [6.45, 7) is 6.99. The van der Waals surface area contributed by atoms with Crippen LogP contribution in [0.15, 0.2) is 24.3 Å². The third-order valence-corrected chi connectivity index (χ3v) is 5.36. The molecule has 1 N–H and O–H groups in total. The van der Waals surface area contributed by atoms with E-state index in [-0.39, 0.29) is 24.4 Å². The minimum Gasteiger partial charge on any atom is -0.378 e. The van der Waals surface area contributed by atoms with Crippen LogP contribution in [0.5, 0.6) is 0 Å². The number of ether oxygens (including phenoxy) is 1. The van der Waals surface area contributed by atoms with Crippen LogP contribution in [0.1, 0.15) is 19.8 Å². The number of nitrogens with zero attached hydrogens (tertiary/aromatic N) is 3. The second-order valence-electron chi connectivity index (χ2n) is 7.32. The average molecular weight is 374 g/mol. The number of likely N-dealkylation sites (N-methyl/N-ethyl adjacent to an activating group) is 1. The number of hydrogen-bond donors (Lipinski definition) is 1. The molecule has 2 saturated heterocycles. The molecule has 1 aromatic carbocycles. The van der Waals surface area contributed by atoms with E-state index < -0.39 is 0 Å². The molecule has 0 aliphatic carbocycles. The van der Waals surface area contributed by atoms with E-state index in [1.54, 1.807) is 4.90 Å². The Hall–Kier alpha value is -2.12. The molecule has 7 heteroatoms. The van der Waals surface area contributed by atoms with Crippen molar-refractivity contribution in [2.45, 2.75) is 25.8 Å². The monoisotopic (exact) mass is 374 g/mol. The molecule has 1 atom stereocenters. The van der Waals surface area contributed by atoms with Crippen molar-refractivity contribution in [3.8, 4) is 0 Å². The Morgan fingerprint density at radius 1 is 1.11 bits per heavy atom. The van der Waals surface area contributed by atoms with Crippen molar-refractivity contribution in [2.75, 3.05) is 63.2 Å². The van der Waals surface area contributed by atoms with Gasteiger partial charge >= 0.3 is 0 Å². The first-order valence-corrected chi connectivity index (χ1v) is 9.76. The van der Waals surface area contributed by atoms with E-state index in [0.29, 0.717) is 0 Å². The number of amides is 2. The lowest BCUT2D eigenvalue weighted by Gasteiger charge is -2.29. The number of morpholine rings is 1. The van der Waals surface area contributed by atoms with Crippen LogP contribution in [0.25, 0.3) is 0 Å². The van der Waals surface area contributed by atoms with Crippen LogP contribution in [-0.4, -0.2) is 80.6 Å². The van der Waals surface area contributed by atoms with Crippen molar-refractivity contribution in [1.82, 2.24) is 9.80 Å². The first-order chi connectivity index (χ1) is 13.0. The molecule has 0 spiro atoms. The van der Waals surface area contributed by atoms with E-state index in [2.05, 4.69) is 10.2 Å². The lowest BCUT2D eigenvalue weighted by molar-refractivity contribution is -0.135. The maximum Gasteiger partial charge on any atom is 0.239 e. The molecule has 0 aromatic heterocycles. The zero-order valence-electron chi connectivity index (χ0n) is 16.3. The van der Waals surface area contributed by atoms with Crippen molar-refractivity contribution in [3.05, 3.63) is 24.3 Å². The summed E-state index contributed by atoms with van der Waals surface area (Å²) in [6.07, 6.45) is 2.15. The summed E-state index contributed by atoms with van der Waals surface area (Å²) in [6, 6.07) is 7.58. The molecule has 7 nitrogen and oxygen atoms in total. The van der Waals surface area contributed by atoms with Crippen LogP contribution >= 0.6 is 0 Å². The van der Waals surface area contributed by atoms with E-state index in [0.717, 1.165) is 63.6 Å². The molecule has 0 saturated carbocycles. The summed E-state index contributed by atoms with van der Waals surface area (Å²) in [5.41, 5.74) is 1.90. The minimum absolute atomic E-state index is 0.109. The first-order valence-electron chi connectivity index (χ1n) is 9.76. The zero-order valence-corrected chi connectivity index (χ0v) is 16.3. The number of benzene rings is 1. The highest BCUT2D eigenvalue weighted by molar-refractivity contribution is 5.93. The molecule has 0 radical (unpaired) electrons. The number of carbonyl (C=O) groups excluding carboxylic acids is 2. The Morgan fingerprint density at radius 3 is 2.37 bits per heavy atom. The summed E-state index contributed by atoms with van der Waals surface area (Å²) in [7, 11) is 1.82. The number of rotatable bonds is 6. The van der Waals surface area contributed by atoms with Crippen molar-refractivity contribution < 1.29 is 14.3 Å². The fraction of sp³-hybridized carbons (Fsp3) is 0.600. The highest BCUT2D eigenvalue weighted by atomic mass is 16.5. The maximum atomic E-state index is 12.5. The average Bonchev–Trinajstić information content (AvgIpc) is 3.22. The SMILES string of the molecule is CC(C(=O)N1CCCC1)N(C)CC(=O)Nc1ccc(N2CCOCC2)cc1. The number of hydrogen-bond acceptors (Lipinski definition) is 5. The van der Waals surface area contributed by atoms with Gasteiger partial charge in [0.05, 0.1) is 25.8 Å². The Balaban J connectivity index is 1.48. The first kappa shape index (κ1) is 19.6. The van der Waals surface area contributed by atoms with Gasteiger partial charge in [0, 0.05) is 37.6 Å². The van der Waals surface area contributed by atoms with Crippen LogP contribution < -0.4 is 10.2 Å². The van der Waals surface area contributed by atoms with Crippen molar-refractivity contribution in [2.24, 2.45) is 0 Å². The number of nitrogens with one attached hydrogen (secondary N) is 1. The summed E-state index contributed by atoms with van der Waals surface area (Å²) < 4.78 is 5.37. The smallest absolute Gasteiger partial charge is 0.239 e. The molecule has 27 heavy (non-hydrogen) atoms. The molecule has 2 amide bonds. The van der Waals surface area contributed by atoms with Crippen molar-refractivity contribution >= 4 is 23.2 Å². The predicted octanol–water partition coefficient (Wildman–Crippen LogP) is 1.40. The zero-order chi connectivity index (χ0) is 19.2. The van der Waals surface area contributed by atoms with Gasteiger partial charge in [-0.15, -0.1) is 0 Å². The lowest BCUT2D eigenvalue weighted by atomic mass is 10.2. The third-order valence-electron chi connectivity index (χ3n) is 5.36. The molecule has 2 fully saturated rings. The maximum absolute atomic E-state index is 12.5. The van der Waals surface area contributed by atoms with Gasteiger partial charge in [-0.25, -0.2) is 0 Å². The Labute approximate surface area is 161 Å². The summed E-state index contributed by atoms with van der Waals surface area (Å²) in [4.78, 5) is 30.8. The van der Waals surface area contributed by atoms with Gasteiger partial charge < -0.3 is 19.9 Å². The van der Waals surface area contributed by atoms with Gasteiger partial charge in [0.25, 0.3) is 0 Å².